The van der Waals surface area contributed by atoms with Crippen LogP contribution in [0.5, 0.6) is 0 Å². The van der Waals surface area contributed by atoms with Crippen molar-refractivity contribution in [2.75, 3.05) is 43.4 Å². The highest BCUT2D eigenvalue weighted by atomic mass is 32.2. The SMILES string of the molecule is Cc1cnc(SCCCN2CCN(c3cccc4ccccc34)CC2)[nH]1. The topological polar surface area (TPSA) is 35.2 Å². The van der Waals surface area contributed by atoms with E-state index in [-0.39, 0.29) is 0 Å². The molecule has 26 heavy (non-hydrogen) atoms. The number of benzene rings is 2. The number of fused-ring (bicyclic) bond motifs is 1. The van der Waals surface area contributed by atoms with E-state index < -0.39 is 0 Å². The van der Waals surface area contributed by atoms with Gasteiger partial charge in [0, 0.05) is 54.9 Å². The van der Waals surface area contributed by atoms with Gasteiger partial charge < -0.3 is 9.88 Å². The minimum Gasteiger partial charge on any atom is -0.368 e. The monoisotopic (exact) mass is 366 g/mol. The summed E-state index contributed by atoms with van der Waals surface area (Å²) in [5, 5.41) is 3.74. The van der Waals surface area contributed by atoms with E-state index in [1.165, 1.54) is 29.4 Å². The second-order valence-electron chi connectivity index (χ2n) is 6.90. The van der Waals surface area contributed by atoms with Crippen molar-refractivity contribution in [3.05, 3.63) is 54.4 Å². The highest BCUT2D eigenvalue weighted by Gasteiger charge is 2.18. The van der Waals surface area contributed by atoms with Crippen LogP contribution in [0.4, 0.5) is 5.69 Å². The molecule has 1 aromatic heterocycles. The van der Waals surface area contributed by atoms with Gasteiger partial charge in [-0.1, -0.05) is 48.2 Å². The van der Waals surface area contributed by atoms with Gasteiger partial charge >= 0.3 is 0 Å². The van der Waals surface area contributed by atoms with E-state index in [9.17, 15) is 0 Å². The summed E-state index contributed by atoms with van der Waals surface area (Å²) in [6.45, 7) is 7.74. The molecule has 3 aromatic rings. The van der Waals surface area contributed by atoms with Crippen LogP contribution in [0.1, 0.15) is 12.1 Å². The molecule has 1 aliphatic rings. The Kier molecular flexibility index (Phi) is 5.46. The first kappa shape index (κ1) is 17.4. The number of nitrogens with one attached hydrogen (secondary N) is 1. The van der Waals surface area contributed by atoms with Gasteiger partial charge in [-0.15, -0.1) is 0 Å². The lowest BCUT2D eigenvalue weighted by Gasteiger charge is -2.36. The van der Waals surface area contributed by atoms with E-state index in [1.807, 2.05) is 24.9 Å². The first-order valence-corrected chi connectivity index (χ1v) is 10.4. The minimum absolute atomic E-state index is 1.04. The molecule has 0 atom stereocenters. The first-order valence-electron chi connectivity index (χ1n) is 9.39. The third kappa shape index (κ3) is 4.05. The third-order valence-electron chi connectivity index (χ3n) is 5.02. The van der Waals surface area contributed by atoms with Crippen molar-refractivity contribution in [2.24, 2.45) is 0 Å². The summed E-state index contributed by atoms with van der Waals surface area (Å²) in [5.41, 5.74) is 2.52. The van der Waals surface area contributed by atoms with Gasteiger partial charge in [-0.25, -0.2) is 4.98 Å². The summed E-state index contributed by atoms with van der Waals surface area (Å²) in [6.07, 6.45) is 3.10. The van der Waals surface area contributed by atoms with Crippen LogP contribution in [0.3, 0.4) is 0 Å². The molecule has 0 radical (unpaired) electrons. The van der Waals surface area contributed by atoms with E-state index in [2.05, 4.69) is 62.2 Å². The Hall–Kier alpha value is -1.98. The molecule has 0 unspecified atom stereocenters. The van der Waals surface area contributed by atoms with Gasteiger partial charge in [0.15, 0.2) is 5.16 Å². The number of aromatic amines is 1. The van der Waals surface area contributed by atoms with Crippen LogP contribution in [0.2, 0.25) is 0 Å². The van der Waals surface area contributed by atoms with Crippen molar-refractivity contribution in [3.63, 3.8) is 0 Å². The molecular formula is C21H26N4S. The van der Waals surface area contributed by atoms with Gasteiger partial charge in [0.2, 0.25) is 0 Å². The molecule has 1 saturated heterocycles. The number of hydrogen-bond acceptors (Lipinski definition) is 4. The Balaban J connectivity index is 1.26. The van der Waals surface area contributed by atoms with Crippen LogP contribution in [-0.2, 0) is 0 Å². The number of piperazine rings is 1. The molecule has 4 rings (SSSR count). The summed E-state index contributed by atoms with van der Waals surface area (Å²) in [7, 11) is 0. The van der Waals surface area contributed by atoms with Gasteiger partial charge in [0.05, 0.1) is 0 Å². The Morgan fingerprint density at radius 1 is 1.04 bits per heavy atom. The number of thioether (sulfide) groups is 1. The lowest BCUT2D eigenvalue weighted by molar-refractivity contribution is 0.259. The van der Waals surface area contributed by atoms with Crippen LogP contribution >= 0.6 is 11.8 Å². The van der Waals surface area contributed by atoms with Gasteiger partial charge in [0.25, 0.3) is 0 Å². The van der Waals surface area contributed by atoms with Gasteiger partial charge in [-0.3, -0.25) is 4.90 Å². The molecule has 5 heteroatoms. The Labute approximate surface area is 159 Å². The molecule has 1 aliphatic heterocycles. The average Bonchev–Trinajstić information content (AvgIpc) is 3.10. The lowest BCUT2D eigenvalue weighted by Crippen LogP contribution is -2.46. The van der Waals surface area contributed by atoms with E-state index in [1.54, 1.807) is 0 Å². The van der Waals surface area contributed by atoms with Crippen LogP contribution in [0, 0.1) is 6.92 Å². The summed E-state index contributed by atoms with van der Waals surface area (Å²) in [4.78, 5) is 12.8. The molecule has 1 fully saturated rings. The molecule has 136 valence electrons. The highest BCUT2D eigenvalue weighted by Crippen LogP contribution is 2.27. The standard InChI is InChI=1S/C21H26N4S/c1-17-16-22-21(23-17)26-15-5-10-24-11-13-25(14-12-24)20-9-4-7-18-6-2-3-8-19(18)20/h2-4,6-9,16H,5,10-15H2,1H3,(H,22,23). The van der Waals surface area contributed by atoms with Gasteiger partial charge in [0.1, 0.15) is 0 Å². The molecule has 1 N–H and O–H groups in total. The largest absolute Gasteiger partial charge is 0.368 e. The van der Waals surface area contributed by atoms with Crippen molar-refractivity contribution in [1.82, 2.24) is 14.9 Å². The van der Waals surface area contributed by atoms with Crippen LogP contribution < -0.4 is 4.90 Å². The summed E-state index contributed by atoms with van der Waals surface area (Å²) < 4.78 is 0. The van der Waals surface area contributed by atoms with Crippen molar-refractivity contribution >= 4 is 28.2 Å². The number of H-pyrrole nitrogens is 1. The van der Waals surface area contributed by atoms with E-state index >= 15 is 0 Å². The Morgan fingerprint density at radius 2 is 1.85 bits per heavy atom. The zero-order valence-electron chi connectivity index (χ0n) is 15.3. The van der Waals surface area contributed by atoms with E-state index in [0.29, 0.717) is 0 Å². The summed E-state index contributed by atoms with van der Waals surface area (Å²) in [5.74, 6) is 1.12. The maximum absolute atomic E-state index is 4.36. The molecule has 0 bridgehead atoms. The fourth-order valence-corrected chi connectivity index (χ4v) is 4.44. The average molecular weight is 367 g/mol. The molecule has 0 spiro atoms. The maximum atomic E-state index is 4.36. The predicted molar refractivity (Wildman–Crippen MR) is 111 cm³/mol. The van der Waals surface area contributed by atoms with Gasteiger partial charge in [-0.05, 0) is 31.3 Å². The first-order chi connectivity index (χ1) is 12.8. The number of hydrogen-bond donors (Lipinski definition) is 1. The highest BCUT2D eigenvalue weighted by molar-refractivity contribution is 7.99. The molecule has 2 aromatic carbocycles. The Morgan fingerprint density at radius 3 is 2.65 bits per heavy atom. The number of rotatable bonds is 6. The second kappa shape index (κ2) is 8.14. The third-order valence-corrected chi connectivity index (χ3v) is 5.99. The smallest absolute Gasteiger partial charge is 0.165 e. The quantitative estimate of drug-likeness (QED) is 0.524. The number of aromatic nitrogens is 2. The van der Waals surface area contributed by atoms with E-state index in [0.717, 1.165) is 42.8 Å². The molecule has 4 nitrogen and oxygen atoms in total. The van der Waals surface area contributed by atoms with Crippen molar-refractivity contribution < 1.29 is 0 Å². The van der Waals surface area contributed by atoms with Crippen molar-refractivity contribution in [2.45, 2.75) is 18.5 Å². The zero-order chi connectivity index (χ0) is 17.8. The number of imidazole rings is 1. The molecular weight excluding hydrogens is 340 g/mol. The number of nitrogens with zero attached hydrogens (tertiary/aromatic N) is 3. The zero-order valence-corrected chi connectivity index (χ0v) is 16.1. The molecule has 2 heterocycles. The summed E-state index contributed by atoms with van der Waals surface area (Å²) >= 11 is 1.82. The molecule has 0 aliphatic carbocycles. The predicted octanol–water partition coefficient (Wildman–Crippen LogP) is 4.18. The van der Waals surface area contributed by atoms with Crippen molar-refractivity contribution in [3.8, 4) is 0 Å². The van der Waals surface area contributed by atoms with Crippen molar-refractivity contribution in [1.29, 1.82) is 0 Å². The summed E-state index contributed by atoms with van der Waals surface area (Å²) in [6, 6.07) is 15.3. The minimum atomic E-state index is 1.04. The maximum Gasteiger partial charge on any atom is 0.165 e. The van der Waals surface area contributed by atoms with Crippen LogP contribution in [0.25, 0.3) is 10.8 Å². The van der Waals surface area contributed by atoms with Gasteiger partial charge in [-0.2, -0.15) is 0 Å². The fourth-order valence-electron chi connectivity index (χ4n) is 3.62. The lowest BCUT2D eigenvalue weighted by atomic mass is 10.1. The molecule has 0 amide bonds. The Bertz CT molecular complexity index is 847. The normalized spacial score (nSPS) is 15.7. The van der Waals surface area contributed by atoms with Crippen LogP contribution in [-0.4, -0.2) is 53.3 Å². The number of aryl methyl sites for hydroxylation is 1. The second-order valence-corrected chi connectivity index (χ2v) is 7.98. The number of anilines is 1. The van der Waals surface area contributed by atoms with Crippen LogP contribution in [0.15, 0.2) is 53.8 Å². The fraction of sp³-hybridized carbons (Fsp3) is 0.381. The molecule has 0 saturated carbocycles. The van der Waals surface area contributed by atoms with E-state index in [4.69, 9.17) is 0 Å².